The molecule has 1 unspecified atom stereocenters. The molecule has 4 nitrogen and oxygen atoms in total. The van der Waals surface area contributed by atoms with E-state index in [2.05, 4.69) is 71.7 Å². The van der Waals surface area contributed by atoms with Crippen molar-refractivity contribution in [2.45, 2.75) is 39.5 Å². The maximum absolute atomic E-state index is 4.58. The summed E-state index contributed by atoms with van der Waals surface area (Å²) in [5.74, 6) is 1.35. The molecule has 0 amide bonds. The first-order chi connectivity index (χ1) is 11.6. The van der Waals surface area contributed by atoms with Crippen molar-refractivity contribution in [2.75, 3.05) is 20.1 Å². The lowest BCUT2D eigenvalue weighted by atomic mass is 9.97. The van der Waals surface area contributed by atoms with Gasteiger partial charge in [-0.25, -0.2) is 4.98 Å². The standard InChI is InChI=1S/C19H28N4S.HI/c1-5-16(17-9-7-6-8-10-17)13-22-19(20-4)21-12-11-18-23-14(2)15(3)24-18;/h6-10,16H,5,11-13H2,1-4H3,(H2,20,21,22);1H. The molecule has 1 heterocycles. The summed E-state index contributed by atoms with van der Waals surface area (Å²) in [4.78, 5) is 10.2. The van der Waals surface area contributed by atoms with Crippen LogP contribution in [0.3, 0.4) is 0 Å². The fraction of sp³-hybridized carbons (Fsp3) is 0.474. The van der Waals surface area contributed by atoms with E-state index in [1.54, 1.807) is 11.3 Å². The molecule has 1 aromatic heterocycles. The minimum Gasteiger partial charge on any atom is -0.356 e. The fourth-order valence-corrected chi connectivity index (χ4v) is 3.53. The zero-order valence-corrected chi connectivity index (χ0v) is 18.7. The normalized spacial score (nSPS) is 12.4. The Balaban J connectivity index is 0.00000312. The smallest absolute Gasteiger partial charge is 0.191 e. The number of halogens is 1. The number of thiazole rings is 1. The number of rotatable bonds is 7. The van der Waals surface area contributed by atoms with Crippen molar-refractivity contribution in [3.05, 3.63) is 51.5 Å². The molecule has 1 aromatic carbocycles. The van der Waals surface area contributed by atoms with Gasteiger partial charge < -0.3 is 10.6 Å². The van der Waals surface area contributed by atoms with Crippen LogP contribution in [0, 0.1) is 13.8 Å². The van der Waals surface area contributed by atoms with Crippen molar-refractivity contribution in [1.82, 2.24) is 15.6 Å². The lowest BCUT2D eigenvalue weighted by molar-refractivity contribution is 0.629. The van der Waals surface area contributed by atoms with Crippen molar-refractivity contribution in [2.24, 2.45) is 4.99 Å². The fourth-order valence-electron chi connectivity index (χ4n) is 2.60. The van der Waals surface area contributed by atoms with Gasteiger partial charge in [0, 0.05) is 37.4 Å². The van der Waals surface area contributed by atoms with E-state index in [0.29, 0.717) is 5.92 Å². The van der Waals surface area contributed by atoms with Gasteiger partial charge in [-0.2, -0.15) is 0 Å². The lowest BCUT2D eigenvalue weighted by Gasteiger charge is -2.18. The Labute approximate surface area is 172 Å². The Morgan fingerprint density at radius 2 is 1.92 bits per heavy atom. The number of benzene rings is 1. The lowest BCUT2D eigenvalue weighted by Crippen LogP contribution is -2.40. The summed E-state index contributed by atoms with van der Waals surface area (Å²) in [6.07, 6.45) is 2.03. The number of aryl methyl sites for hydroxylation is 2. The Morgan fingerprint density at radius 1 is 1.20 bits per heavy atom. The van der Waals surface area contributed by atoms with E-state index in [1.807, 2.05) is 7.05 Å². The SMILES string of the molecule is CCC(CNC(=NC)NCCc1nc(C)c(C)s1)c1ccccc1.I. The van der Waals surface area contributed by atoms with Crippen molar-refractivity contribution >= 4 is 41.3 Å². The first-order valence-corrected chi connectivity index (χ1v) is 9.38. The first kappa shape index (κ1) is 21.9. The minimum absolute atomic E-state index is 0. The van der Waals surface area contributed by atoms with Gasteiger partial charge in [0.05, 0.1) is 10.7 Å². The molecule has 6 heteroatoms. The molecular formula is C19H29IN4S. The van der Waals surface area contributed by atoms with Gasteiger partial charge in [-0.05, 0) is 25.8 Å². The molecule has 138 valence electrons. The van der Waals surface area contributed by atoms with Crippen LogP contribution in [0.25, 0.3) is 0 Å². The third-order valence-electron chi connectivity index (χ3n) is 4.21. The largest absolute Gasteiger partial charge is 0.356 e. The first-order valence-electron chi connectivity index (χ1n) is 8.56. The average Bonchev–Trinajstić information content (AvgIpc) is 2.92. The molecule has 1 atom stereocenters. The van der Waals surface area contributed by atoms with Crippen molar-refractivity contribution in [3.63, 3.8) is 0 Å². The molecule has 0 saturated carbocycles. The number of aliphatic imine (C=N–C) groups is 1. The molecular weight excluding hydrogens is 443 g/mol. The summed E-state index contributed by atoms with van der Waals surface area (Å²) in [6, 6.07) is 10.6. The Kier molecular flexibility index (Phi) is 10.0. The molecule has 2 N–H and O–H groups in total. The van der Waals surface area contributed by atoms with Crippen LogP contribution in [-0.2, 0) is 6.42 Å². The van der Waals surface area contributed by atoms with E-state index in [1.165, 1.54) is 15.4 Å². The quantitative estimate of drug-likeness (QED) is 0.359. The number of nitrogens with zero attached hydrogens (tertiary/aromatic N) is 2. The van der Waals surface area contributed by atoms with E-state index < -0.39 is 0 Å². The van der Waals surface area contributed by atoms with Gasteiger partial charge in [0.1, 0.15) is 0 Å². The number of hydrogen-bond acceptors (Lipinski definition) is 3. The van der Waals surface area contributed by atoms with Crippen molar-refractivity contribution in [3.8, 4) is 0 Å². The molecule has 0 fully saturated rings. The van der Waals surface area contributed by atoms with Crippen LogP contribution in [0.1, 0.15) is 40.4 Å². The predicted octanol–water partition coefficient (Wildman–Crippen LogP) is 4.28. The Bertz CT molecular complexity index is 635. The number of hydrogen-bond donors (Lipinski definition) is 2. The minimum atomic E-state index is 0. The van der Waals surface area contributed by atoms with Crippen LogP contribution >= 0.6 is 35.3 Å². The van der Waals surface area contributed by atoms with Gasteiger partial charge in [0.25, 0.3) is 0 Å². The highest BCUT2D eigenvalue weighted by molar-refractivity contribution is 14.0. The van der Waals surface area contributed by atoms with E-state index in [-0.39, 0.29) is 24.0 Å². The Hall–Kier alpha value is -1.15. The molecule has 2 aromatic rings. The van der Waals surface area contributed by atoms with Crippen LogP contribution in [-0.4, -0.2) is 31.1 Å². The zero-order valence-electron chi connectivity index (χ0n) is 15.5. The Morgan fingerprint density at radius 3 is 2.48 bits per heavy atom. The summed E-state index contributed by atoms with van der Waals surface area (Å²) in [5, 5.41) is 8.01. The van der Waals surface area contributed by atoms with Gasteiger partial charge in [0.15, 0.2) is 5.96 Å². The van der Waals surface area contributed by atoms with Gasteiger partial charge >= 0.3 is 0 Å². The molecule has 0 saturated heterocycles. The highest BCUT2D eigenvalue weighted by atomic mass is 127. The van der Waals surface area contributed by atoms with Crippen LogP contribution in [0.2, 0.25) is 0 Å². The topological polar surface area (TPSA) is 49.3 Å². The molecule has 0 aliphatic rings. The van der Waals surface area contributed by atoms with Gasteiger partial charge in [0.2, 0.25) is 0 Å². The summed E-state index contributed by atoms with van der Waals surface area (Å²) < 4.78 is 0. The van der Waals surface area contributed by atoms with Crippen molar-refractivity contribution in [1.29, 1.82) is 0 Å². The van der Waals surface area contributed by atoms with E-state index in [0.717, 1.165) is 37.6 Å². The molecule has 0 bridgehead atoms. The van der Waals surface area contributed by atoms with E-state index in [4.69, 9.17) is 0 Å². The van der Waals surface area contributed by atoms with Crippen LogP contribution in [0.15, 0.2) is 35.3 Å². The van der Waals surface area contributed by atoms with Crippen molar-refractivity contribution < 1.29 is 0 Å². The molecule has 0 spiro atoms. The highest BCUT2D eigenvalue weighted by Gasteiger charge is 2.10. The van der Waals surface area contributed by atoms with E-state index in [9.17, 15) is 0 Å². The molecule has 0 aliphatic carbocycles. The second kappa shape index (κ2) is 11.5. The second-order valence-electron chi connectivity index (χ2n) is 5.89. The average molecular weight is 472 g/mol. The third-order valence-corrected chi connectivity index (χ3v) is 5.34. The summed E-state index contributed by atoms with van der Waals surface area (Å²) in [6.45, 7) is 8.14. The third kappa shape index (κ3) is 6.93. The summed E-state index contributed by atoms with van der Waals surface area (Å²) in [7, 11) is 1.82. The van der Waals surface area contributed by atoms with Gasteiger partial charge in [-0.1, -0.05) is 37.3 Å². The van der Waals surface area contributed by atoms with Crippen LogP contribution in [0.5, 0.6) is 0 Å². The maximum atomic E-state index is 4.58. The number of aromatic nitrogens is 1. The summed E-state index contributed by atoms with van der Waals surface area (Å²) >= 11 is 1.78. The number of guanidine groups is 1. The molecule has 0 radical (unpaired) electrons. The van der Waals surface area contributed by atoms with Crippen LogP contribution < -0.4 is 10.6 Å². The van der Waals surface area contributed by atoms with Gasteiger partial charge in [-0.3, -0.25) is 4.99 Å². The van der Waals surface area contributed by atoms with E-state index >= 15 is 0 Å². The highest BCUT2D eigenvalue weighted by Crippen LogP contribution is 2.18. The predicted molar refractivity (Wildman–Crippen MR) is 120 cm³/mol. The maximum Gasteiger partial charge on any atom is 0.191 e. The zero-order chi connectivity index (χ0) is 17.4. The molecule has 2 rings (SSSR count). The summed E-state index contributed by atoms with van der Waals surface area (Å²) in [5.41, 5.74) is 2.52. The van der Waals surface area contributed by atoms with Gasteiger partial charge in [-0.15, -0.1) is 35.3 Å². The molecule has 0 aliphatic heterocycles. The number of nitrogens with one attached hydrogen (secondary N) is 2. The monoisotopic (exact) mass is 472 g/mol. The molecule has 25 heavy (non-hydrogen) atoms. The van der Waals surface area contributed by atoms with Crippen LogP contribution in [0.4, 0.5) is 0 Å². The second-order valence-corrected chi connectivity index (χ2v) is 7.18.